The lowest BCUT2D eigenvalue weighted by molar-refractivity contribution is -0.385. The number of ether oxygens (including phenoxy) is 1. The van der Waals surface area contributed by atoms with Crippen molar-refractivity contribution in [2.75, 3.05) is 0 Å². The number of nitrogens with zero attached hydrogens (tertiary/aromatic N) is 1. The molecule has 0 N–H and O–H groups in total. The van der Waals surface area contributed by atoms with Crippen molar-refractivity contribution in [2.45, 2.75) is 6.61 Å². The van der Waals surface area contributed by atoms with Crippen molar-refractivity contribution >= 4 is 23.6 Å². The number of carbonyl (C=O) groups is 1. The van der Waals surface area contributed by atoms with Gasteiger partial charge in [-0.2, -0.15) is 0 Å². The average Bonchev–Trinajstić information content (AvgIpc) is 2.45. The van der Waals surface area contributed by atoms with Crippen LogP contribution in [0.2, 0.25) is 5.02 Å². The van der Waals surface area contributed by atoms with Crippen LogP contribution in [-0.2, 0) is 6.61 Å². The standard InChI is InChI=1S/C14H9ClFNO4/c15-11-4-5-13(17(19)20)10(6-11)8-21-14-9(7-18)2-1-3-12(14)16/h1-7H,8H2. The van der Waals surface area contributed by atoms with E-state index >= 15 is 0 Å². The second-order valence-electron chi connectivity index (χ2n) is 4.09. The van der Waals surface area contributed by atoms with E-state index in [0.717, 1.165) is 6.07 Å². The molecular weight excluding hydrogens is 301 g/mol. The zero-order valence-electron chi connectivity index (χ0n) is 10.6. The molecule has 0 unspecified atom stereocenters. The number of nitro groups is 1. The number of benzene rings is 2. The number of rotatable bonds is 5. The summed E-state index contributed by atoms with van der Waals surface area (Å²) in [7, 11) is 0. The summed E-state index contributed by atoms with van der Waals surface area (Å²) in [6.07, 6.45) is 0.449. The molecule has 0 heterocycles. The van der Waals surface area contributed by atoms with Gasteiger partial charge in [0.25, 0.3) is 5.69 Å². The van der Waals surface area contributed by atoms with Gasteiger partial charge in [0.15, 0.2) is 17.9 Å². The first kappa shape index (κ1) is 14.9. The quantitative estimate of drug-likeness (QED) is 0.479. The molecule has 0 aromatic heterocycles. The third kappa shape index (κ3) is 3.35. The van der Waals surface area contributed by atoms with Gasteiger partial charge in [-0.25, -0.2) is 4.39 Å². The lowest BCUT2D eigenvalue weighted by Crippen LogP contribution is -2.03. The number of hydrogen-bond acceptors (Lipinski definition) is 4. The fraction of sp³-hybridized carbons (Fsp3) is 0.0714. The van der Waals surface area contributed by atoms with Gasteiger partial charge in [-0.05, 0) is 24.3 Å². The van der Waals surface area contributed by atoms with Gasteiger partial charge in [0, 0.05) is 11.1 Å². The molecule has 2 aromatic rings. The Bertz CT molecular complexity index is 705. The maximum atomic E-state index is 13.6. The average molecular weight is 310 g/mol. The van der Waals surface area contributed by atoms with E-state index in [2.05, 4.69) is 0 Å². The molecule has 5 nitrogen and oxygen atoms in total. The van der Waals surface area contributed by atoms with E-state index in [1.807, 2.05) is 0 Å². The molecule has 2 rings (SSSR count). The van der Waals surface area contributed by atoms with Crippen LogP contribution in [0.5, 0.6) is 5.75 Å². The van der Waals surface area contributed by atoms with Crippen LogP contribution in [0, 0.1) is 15.9 Å². The predicted molar refractivity (Wildman–Crippen MR) is 74.2 cm³/mol. The highest BCUT2D eigenvalue weighted by Gasteiger charge is 2.16. The normalized spacial score (nSPS) is 10.2. The van der Waals surface area contributed by atoms with Crippen LogP contribution in [0.25, 0.3) is 0 Å². The SMILES string of the molecule is O=Cc1cccc(F)c1OCc1cc(Cl)ccc1[N+](=O)[O-]. The second kappa shape index (κ2) is 6.32. The summed E-state index contributed by atoms with van der Waals surface area (Å²) in [6, 6.07) is 7.87. The highest BCUT2D eigenvalue weighted by molar-refractivity contribution is 6.30. The highest BCUT2D eigenvalue weighted by Crippen LogP contribution is 2.26. The monoisotopic (exact) mass is 309 g/mol. The van der Waals surface area contributed by atoms with Crippen LogP contribution in [-0.4, -0.2) is 11.2 Å². The Balaban J connectivity index is 2.31. The first-order chi connectivity index (χ1) is 10.0. The highest BCUT2D eigenvalue weighted by atomic mass is 35.5. The Morgan fingerprint density at radius 1 is 1.33 bits per heavy atom. The Hall–Kier alpha value is -2.47. The van der Waals surface area contributed by atoms with Crippen molar-refractivity contribution in [1.29, 1.82) is 0 Å². The van der Waals surface area contributed by atoms with Gasteiger partial charge in [-0.1, -0.05) is 17.7 Å². The number of nitro benzene ring substituents is 1. The first-order valence-corrected chi connectivity index (χ1v) is 6.20. The Labute approximate surface area is 124 Å². The summed E-state index contributed by atoms with van der Waals surface area (Å²) >= 11 is 5.78. The minimum atomic E-state index is -0.718. The van der Waals surface area contributed by atoms with Crippen LogP contribution in [0.1, 0.15) is 15.9 Å². The van der Waals surface area contributed by atoms with Crippen molar-refractivity contribution in [1.82, 2.24) is 0 Å². The van der Waals surface area contributed by atoms with Crippen LogP contribution in [0.15, 0.2) is 36.4 Å². The number of hydrogen-bond donors (Lipinski definition) is 0. The molecule has 0 bridgehead atoms. The van der Waals surface area contributed by atoms with Gasteiger partial charge in [-0.15, -0.1) is 0 Å². The van der Waals surface area contributed by atoms with E-state index < -0.39 is 10.7 Å². The molecule has 7 heteroatoms. The molecule has 0 radical (unpaired) electrons. The van der Waals surface area contributed by atoms with Crippen LogP contribution < -0.4 is 4.74 Å². The van der Waals surface area contributed by atoms with Crippen molar-refractivity contribution in [3.63, 3.8) is 0 Å². The molecule has 0 aliphatic heterocycles. The third-order valence-corrected chi connectivity index (χ3v) is 2.97. The van der Waals surface area contributed by atoms with Gasteiger partial charge in [0.05, 0.1) is 16.1 Å². The topological polar surface area (TPSA) is 69.4 Å². The second-order valence-corrected chi connectivity index (χ2v) is 4.53. The van der Waals surface area contributed by atoms with Gasteiger partial charge in [0.1, 0.15) is 6.61 Å². The predicted octanol–water partition coefficient (Wildman–Crippen LogP) is 3.78. The Kier molecular flexibility index (Phi) is 4.49. The summed E-state index contributed by atoms with van der Waals surface area (Å²) in [5.74, 6) is -0.967. The fourth-order valence-corrected chi connectivity index (χ4v) is 1.96. The van der Waals surface area contributed by atoms with Crippen LogP contribution in [0.3, 0.4) is 0 Å². The number of halogens is 2. The Morgan fingerprint density at radius 3 is 2.76 bits per heavy atom. The molecule has 21 heavy (non-hydrogen) atoms. The minimum absolute atomic E-state index is 0.0275. The summed E-state index contributed by atoms with van der Waals surface area (Å²) in [5, 5.41) is 11.2. The first-order valence-electron chi connectivity index (χ1n) is 5.82. The van der Waals surface area contributed by atoms with E-state index in [1.54, 1.807) is 0 Å². The zero-order valence-corrected chi connectivity index (χ0v) is 11.3. The largest absolute Gasteiger partial charge is 0.485 e. The van der Waals surface area contributed by atoms with Gasteiger partial charge >= 0.3 is 0 Å². The van der Waals surface area contributed by atoms with E-state index in [9.17, 15) is 19.3 Å². The fourth-order valence-electron chi connectivity index (χ4n) is 1.77. The summed E-state index contributed by atoms with van der Waals surface area (Å²) in [5.41, 5.74) is 0.0238. The molecule has 0 fully saturated rings. The van der Waals surface area contributed by atoms with Gasteiger partial charge in [-0.3, -0.25) is 14.9 Å². The zero-order chi connectivity index (χ0) is 15.4. The third-order valence-electron chi connectivity index (χ3n) is 2.73. The maximum Gasteiger partial charge on any atom is 0.276 e. The number of carbonyl (C=O) groups excluding carboxylic acids is 1. The molecular formula is C14H9ClFNO4. The van der Waals surface area contributed by atoms with Gasteiger partial charge < -0.3 is 4.74 Å². The molecule has 0 amide bonds. The van der Waals surface area contributed by atoms with E-state index in [0.29, 0.717) is 11.3 Å². The summed E-state index contributed by atoms with van der Waals surface area (Å²) < 4.78 is 18.9. The maximum absolute atomic E-state index is 13.6. The van der Waals surface area contributed by atoms with Crippen molar-refractivity contribution < 1.29 is 18.8 Å². The minimum Gasteiger partial charge on any atom is -0.485 e. The lowest BCUT2D eigenvalue weighted by atomic mass is 10.2. The molecule has 0 spiro atoms. The molecule has 108 valence electrons. The van der Waals surface area contributed by atoms with E-state index in [4.69, 9.17) is 16.3 Å². The molecule has 0 saturated heterocycles. The van der Waals surface area contributed by atoms with Crippen LogP contribution in [0.4, 0.5) is 10.1 Å². The summed E-state index contributed by atoms with van der Waals surface area (Å²) in [6.45, 7) is -0.279. The molecule has 0 aliphatic rings. The number of para-hydroxylation sites is 1. The molecule has 0 saturated carbocycles. The van der Waals surface area contributed by atoms with E-state index in [-0.39, 0.29) is 29.2 Å². The van der Waals surface area contributed by atoms with Crippen LogP contribution >= 0.6 is 11.6 Å². The Morgan fingerprint density at radius 2 is 2.10 bits per heavy atom. The van der Waals surface area contributed by atoms with Crippen molar-refractivity contribution in [3.05, 3.63) is 68.5 Å². The number of aldehydes is 1. The molecule has 0 aliphatic carbocycles. The molecule has 2 aromatic carbocycles. The molecule has 0 atom stereocenters. The van der Waals surface area contributed by atoms with Crippen molar-refractivity contribution in [2.24, 2.45) is 0 Å². The van der Waals surface area contributed by atoms with Crippen molar-refractivity contribution in [3.8, 4) is 5.75 Å². The smallest absolute Gasteiger partial charge is 0.276 e. The summed E-state index contributed by atoms with van der Waals surface area (Å²) in [4.78, 5) is 21.2. The lowest BCUT2D eigenvalue weighted by Gasteiger charge is -2.10. The van der Waals surface area contributed by atoms with E-state index in [1.165, 1.54) is 30.3 Å². The van der Waals surface area contributed by atoms with Gasteiger partial charge in [0.2, 0.25) is 0 Å².